The number of ether oxygens (including phenoxy) is 2. The molecule has 214 valence electrons. The maximum Gasteiger partial charge on any atom is 0.419 e. The highest BCUT2D eigenvalue weighted by molar-refractivity contribution is 5.97. The van der Waals surface area contributed by atoms with Crippen molar-refractivity contribution in [2.24, 2.45) is 5.73 Å². The van der Waals surface area contributed by atoms with Crippen molar-refractivity contribution in [3.63, 3.8) is 0 Å². The van der Waals surface area contributed by atoms with Gasteiger partial charge >= 0.3 is 12.1 Å². The predicted octanol–water partition coefficient (Wildman–Crippen LogP) is 3.97. The monoisotopic (exact) mass is 560 g/mol. The molecule has 3 atom stereocenters. The summed E-state index contributed by atoms with van der Waals surface area (Å²) in [6, 6.07) is 5.40. The van der Waals surface area contributed by atoms with Crippen molar-refractivity contribution in [3.05, 3.63) is 65.0 Å². The largest absolute Gasteiger partial charge is 0.496 e. The number of cyclic esters (lactones) is 1. The lowest BCUT2D eigenvalue weighted by Gasteiger charge is -2.35. The number of amides is 4. The summed E-state index contributed by atoms with van der Waals surface area (Å²) < 4.78 is 51.5. The molecule has 2 aliphatic heterocycles. The van der Waals surface area contributed by atoms with E-state index < -0.39 is 41.8 Å². The Hall–Kier alpha value is -3.80. The molecule has 2 heterocycles. The zero-order chi connectivity index (χ0) is 28.6. The summed E-state index contributed by atoms with van der Waals surface area (Å²) in [7, 11) is 1.54. The van der Waals surface area contributed by atoms with Crippen molar-refractivity contribution in [1.29, 1.82) is 0 Å². The van der Waals surface area contributed by atoms with Gasteiger partial charge in [0, 0.05) is 31.2 Å². The molecule has 9 nitrogen and oxygen atoms in total. The summed E-state index contributed by atoms with van der Waals surface area (Å²) >= 11 is 0. The number of nitrogens with one attached hydrogen (secondary N) is 1. The Morgan fingerprint density at radius 1 is 1.02 bits per heavy atom. The smallest absolute Gasteiger partial charge is 0.419 e. The van der Waals surface area contributed by atoms with Crippen LogP contribution in [0, 0.1) is 17.5 Å². The first kappa shape index (κ1) is 27.8. The molecular weight excluding hydrogens is 529 g/mol. The highest BCUT2D eigenvalue weighted by atomic mass is 19.2. The van der Waals surface area contributed by atoms with Gasteiger partial charge < -0.3 is 20.5 Å². The summed E-state index contributed by atoms with van der Waals surface area (Å²) in [4.78, 5) is 40.8. The first-order valence-corrected chi connectivity index (χ1v) is 13.3. The van der Waals surface area contributed by atoms with E-state index in [0.717, 1.165) is 49.9 Å². The topological polar surface area (TPSA) is 114 Å². The number of carbonyl (C=O) groups excluding carboxylic acids is 3. The van der Waals surface area contributed by atoms with E-state index in [4.69, 9.17) is 15.2 Å². The van der Waals surface area contributed by atoms with Crippen LogP contribution in [0.1, 0.15) is 55.2 Å². The number of rotatable bonds is 6. The molecule has 2 unspecified atom stereocenters. The fourth-order valence-corrected chi connectivity index (χ4v) is 6.18. The summed E-state index contributed by atoms with van der Waals surface area (Å²) in [5, 5.41) is 2.83. The minimum Gasteiger partial charge on any atom is -0.496 e. The molecule has 0 radical (unpaired) electrons. The van der Waals surface area contributed by atoms with Gasteiger partial charge in [0.15, 0.2) is 11.6 Å². The van der Waals surface area contributed by atoms with Gasteiger partial charge in [0.2, 0.25) is 6.10 Å². The third kappa shape index (κ3) is 5.45. The lowest BCUT2D eigenvalue weighted by atomic mass is 9.81. The van der Waals surface area contributed by atoms with Crippen LogP contribution in [-0.2, 0) is 9.53 Å². The normalized spacial score (nSPS) is 26.9. The highest BCUT2D eigenvalue weighted by Crippen LogP contribution is 2.40. The molecular formula is C28H31F3N4O5. The molecule has 1 aliphatic carbocycles. The van der Waals surface area contributed by atoms with Crippen LogP contribution in [0.25, 0.3) is 0 Å². The summed E-state index contributed by atoms with van der Waals surface area (Å²) in [5.74, 6) is -2.82. The molecule has 3 N–H and O–H groups in total. The Labute approximate surface area is 229 Å². The number of halogens is 3. The lowest BCUT2D eigenvalue weighted by Crippen LogP contribution is -2.48. The molecule has 5 rings (SSSR count). The molecule has 2 saturated heterocycles. The van der Waals surface area contributed by atoms with Gasteiger partial charge in [0.25, 0.3) is 5.91 Å². The number of likely N-dealkylation sites (tertiary alicyclic amines) is 1. The van der Waals surface area contributed by atoms with E-state index in [9.17, 15) is 27.6 Å². The van der Waals surface area contributed by atoms with E-state index in [1.54, 1.807) is 13.2 Å². The second-order valence-electron chi connectivity index (χ2n) is 10.5. The lowest BCUT2D eigenvalue weighted by molar-refractivity contribution is -0.125. The number of imide groups is 1. The van der Waals surface area contributed by atoms with Crippen molar-refractivity contribution in [3.8, 4) is 5.75 Å². The Bertz CT molecular complexity index is 1300. The van der Waals surface area contributed by atoms with Crippen LogP contribution in [0.4, 0.5) is 22.8 Å². The number of benzene rings is 2. The van der Waals surface area contributed by atoms with Crippen LogP contribution >= 0.6 is 0 Å². The quantitative estimate of drug-likeness (QED) is 0.553. The minimum absolute atomic E-state index is 0.00583. The third-order valence-electron chi connectivity index (χ3n) is 8.17. The second kappa shape index (κ2) is 11.4. The Balaban J connectivity index is 1.21. The molecule has 0 aromatic heterocycles. The molecule has 4 amide bonds. The second-order valence-corrected chi connectivity index (χ2v) is 10.5. The summed E-state index contributed by atoms with van der Waals surface area (Å²) in [6.45, 7) is 1.32. The SMILES string of the molecule is COc1cc(F)ccc1C1CCC(N2CCC(NC(=O)N3C(=O)O[C@@H](C(N)=O)C3c3ccc(F)c(F)c3)C2)CC1. The number of urea groups is 1. The molecule has 2 aromatic rings. The zero-order valence-corrected chi connectivity index (χ0v) is 21.9. The number of primary amides is 1. The highest BCUT2D eigenvalue weighted by Gasteiger charge is 2.50. The molecule has 3 fully saturated rings. The number of nitrogens with two attached hydrogens (primary N) is 1. The van der Waals surface area contributed by atoms with Crippen molar-refractivity contribution < 1.29 is 37.0 Å². The Morgan fingerprint density at radius 2 is 1.77 bits per heavy atom. The number of carbonyl (C=O) groups is 3. The zero-order valence-electron chi connectivity index (χ0n) is 21.9. The van der Waals surface area contributed by atoms with Gasteiger partial charge in [-0.05, 0) is 67.3 Å². The van der Waals surface area contributed by atoms with Gasteiger partial charge in [-0.15, -0.1) is 0 Å². The Morgan fingerprint density at radius 3 is 2.45 bits per heavy atom. The maximum atomic E-state index is 13.9. The standard InChI is InChI=1S/C28H31F3N4O5/c1-39-23-13-17(29)5-8-20(23)15-2-6-19(7-3-15)34-11-10-18(14-34)33-27(37)35-24(25(26(32)36)40-28(35)38)16-4-9-21(30)22(31)12-16/h4-5,8-9,12-13,15,18-19,24-25H,2-3,6-7,10-11,14H2,1H3,(H2,32,36)(H,33,37)/t15?,18?,19?,24?,25-/m1/s1. The molecule has 3 aliphatic rings. The van der Waals surface area contributed by atoms with Gasteiger partial charge in [0.05, 0.1) is 7.11 Å². The molecule has 2 aromatic carbocycles. The fourth-order valence-electron chi connectivity index (χ4n) is 6.18. The van der Waals surface area contributed by atoms with E-state index in [0.29, 0.717) is 29.7 Å². The van der Waals surface area contributed by atoms with Crippen molar-refractivity contribution in [1.82, 2.24) is 15.1 Å². The molecule has 12 heteroatoms. The maximum absolute atomic E-state index is 13.9. The van der Waals surface area contributed by atoms with E-state index in [1.165, 1.54) is 18.2 Å². The van der Waals surface area contributed by atoms with Gasteiger partial charge in [-0.1, -0.05) is 12.1 Å². The van der Waals surface area contributed by atoms with E-state index in [-0.39, 0.29) is 23.3 Å². The fraction of sp³-hybridized carbons (Fsp3) is 0.464. The van der Waals surface area contributed by atoms with Crippen LogP contribution in [0.15, 0.2) is 36.4 Å². The molecule has 0 bridgehead atoms. The number of hydrogen-bond donors (Lipinski definition) is 2. The van der Waals surface area contributed by atoms with Gasteiger partial charge in [-0.3, -0.25) is 9.69 Å². The predicted molar refractivity (Wildman–Crippen MR) is 137 cm³/mol. The van der Waals surface area contributed by atoms with Crippen LogP contribution in [0.5, 0.6) is 5.75 Å². The van der Waals surface area contributed by atoms with Crippen molar-refractivity contribution in [2.45, 2.75) is 62.3 Å². The number of nitrogens with zero attached hydrogens (tertiary/aromatic N) is 2. The van der Waals surface area contributed by atoms with E-state index in [2.05, 4.69) is 10.2 Å². The molecule has 40 heavy (non-hydrogen) atoms. The van der Waals surface area contributed by atoms with Crippen LogP contribution in [0.3, 0.4) is 0 Å². The number of methoxy groups -OCH3 is 1. The average Bonchev–Trinajstić information content (AvgIpc) is 3.54. The van der Waals surface area contributed by atoms with Gasteiger partial charge in [0.1, 0.15) is 17.6 Å². The van der Waals surface area contributed by atoms with Crippen molar-refractivity contribution in [2.75, 3.05) is 20.2 Å². The Kier molecular flexibility index (Phi) is 7.88. The first-order chi connectivity index (χ1) is 19.2. The molecule has 1 saturated carbocycles. The summed E-state index contributed by atoms with van der Waals surface area (Å²) in [5.41, 5.74) is 6.40. The average molecular weight is 561 g/mol. The first-order valence-electron chi connectivity index (χ1n) is 13.3. The van der Waals surface area contributed by atoms with E-state index in [1.807, 2.05) is 0 Å². The summed E-state index contributed by atoms with van der Waals surface area (Å²) in [6.07, 6.45) is 1.72. The third-order valence-corrected chi connectivity index (χ3v) is 8.17. The van der Waals surface area contributed by atoms with Crippen molar-refractivity contribution >= 4 is 18.0 Å². The van der Waals surface area contributed by atoms with Crippen LogP contribution < -0.4 is 15.8 Å². The van der Waals surface area contributed by atoms with E-state index >= 15 is 0 Å². The number of hydrogen-bond acceptors (Lipinski definition) is 6. The van der Waals surface area contributed by atoms with Crippen LogP contribution in [-0.4, -0.2) is 66.2 Å². The van der Waals surface area contributed by atoms with Crippen LogP contribution in [0.2, 0.25) is 0 Å². The molecule has 0 spiro atoms. The van der Waals surface area contributed by atoms with Gasteiger partial charge in [-0.2, -0.15) is 0 Å². The minimum atomic E-state index is -1.54. The van der Waals surface area contributed by atoms with Gasteiger partial charge in [-0.25, -0.2) is 27.7 Å².